The lowest BCUT2D eigenvalue weighted by Gasteiger charge is -2.28. The van der Waals surface area contributed by atoms with E-state index in [1.54, 1.807) is 20.8 Å². The molecule has 0 saturated carbocycles. The van der Waals surface area contributed by atoms with Crippen LogP contribution in [-0.2, 0) is 9.53 Å². The van der Waals surface area contributed by atoms with Crippen LogP contribution >= 0.6 is 23.2 Å². The molecule has 90 valence electrons. The van der Waals surface area contributed by atoms with Gasteiger partial charge in [0.1, 0.15) is 5.60 Å². The van der Waals surface area contributed by atoms with E-state index in [0.29, 0.717) is 0 Å². The van der Waals surface area contributed by atoms with Crippen LogP contribution in [0.25, 0.3) is 0 Å². The fraction of sp³-hybridized carbons (Fsp3) is 0.625. The van der Waals surface area contributed by atoms with Crippen LogP contribution in [0.15, 0.2) is 9.98 Å². The fourth-order valence-electron chi connectivity index (χ4n) is 0.947. The first-order valence-electron chi connectivity index (χ1n) is 4.45. The quantitative estimate of drug-likeness (QED) is 0.437. The first-order valence-corrected chi connectivity index (χ1v) is 5.20. The summed E-state index contributed by atoms with van der Waals surface area (Å²) in [5, 5.41) is 0.639. The number of aliphatic imine (C=N–C) groups is 2. The molecule has 8 heteroatoms. The highest BCUT2D eigenvalue weighted by Crippen LogP contribution is 2.15. The van der Waals surface area contributed by atoms with Gasteiger partial charge in [0.05, 0.1) is 0 Å². The van der Waals surface area contributed by atoms with E-state index in [0.717, 1.165) is 5.01 Å². The Balaban J connectivity index is 2.82. The van der Waals surface area contributed by atoms with Crippen LogP contribution < -0.4 is 5.84 Å². The molecule has 6 nitrogen and oxygen atoms in total. The van der Waals surface area contributed by atoms with Crippen molar-refractivity contribution in [2.24, 2.45) is 15.8 Å². The topological polar surface area (TPSA) is 80.3 Å². The molecule has 0 aliphatic carbocycles. The summed E-state index contributed by atoms with van der Waals surface area (Å²) in [6, 6.07) is 0. The summed E-state index contributed by atoms with van der Waals surface area (Å²) in [7, 11) is 0. The minimum Gasteiger partial charge on any atom is -0.457 e. The van der Waals surface area contributed by atoms with E-state index in [2.05, 4.69) is 9.98 Å². The molecule has 0 saturated heterocycles. The first kappa shape index (κ1) is 13.2. The number of hydrogen-bond donors (Lipinski definition) is 1. The summed E-state index contributed by atoms with van der Waals surface area (Å²) < 4.78 is 5.10. The average molecular weight is 267 g/mol. The van der Waals surface area contributed by atoms with E-state index in [1.807, 2.05) is 0 Å². The third-order valence-electron chi connectivity index (χ3n) is 1.51. The second-order valence-corrected chi connectivity index (χ2v) is 4.77. The molecule has 0 fully saturated rings. The lowest BCUT2D eigenvalue weighted by Crippen LogP contribution is -2.51. The van der Waals surface area contributed by atoms with E-state index >= 15 is 0 Å². The normalized spacial score (nSPS) is 21.4. The Hall–Kier alpha value is -0.850. The molecule has 0 aromatic heterocycles. The van der Waals surface area contributed by atoms with Crippen molar-refractivity contribution in [2.45, 2.75) is 32.5 Å². The van der Waals surface area contributed by atoms with Crippen LogP contribution in [-0.4, -0.2) is 33.3 Å². The van der Waals surface area contributed by atoms with Crippen molar-refractivity contribution in [3.63, 3.8) is 0 Å². The summed E-state index contributed by atoms with van der Waals surface area (Å²) in [6.45, 7) is 5.20. The average Bonchev–Trinajstić information content (AvgIpc) is 2.08. The molecule has 1 unspecified atom stereocenters. The lowest BCUT2D eigenvalue weighted by atomic mass is 10.2. The highest BCUT2D eigenvalue weighted by Gasteiger charge is 2.32. The standard InChI is InChI=1S/C8H12Cl2N4O2/c1-8(2,3)16-5(15)4-12-6(9)13-7(10)14(4)11/h4H,11H2,1-3H3. The molecule has 0 amide bonds. The van der Waals surface area contributed by atoms with Gasteiger partial charge in [-0.05, 0) is 44.0 Å². The molecule has 0 bridgehead atoms. The summed E-state index contributed by atoms with van der Waals surface area (Å²) in [5.74, 6) is 4.87. The van der Waals surface area contributed by atoms with Gasteiger partial charge >= 0.3 is 5.97 Å². The number of carbonyl (C=O) groups excluding carboxylic acids is 1. The number of amidine groups is 2. The minimum absolute atomic E-state index is 0.115. The van der Waals surface area contributed by atoms with Crippen LogP contribution in [0.2, 0.25) is 0 Å². The SMILES string of the molecule is CC(C)(C)OC(=O)C1N=C(Cl)N=C(Cl)N1N. The van der Waals surface area contributed by atoms with Gasteiger partial charge in [-0.2, -0.15) is 4.99 Å². The van der Waals surface area contributed by atoms with E-state index in [1.165, 1.54) is 0 Å². The molecule has 0 radical (unpaired) electrons. The van der Waals surface area contributed by atoms with Gasteiger partial charge in [-0.3, -0.25) is 0 Å². The summed E-state index contributed by atoms with van der Waals surface area (Å²) in [5.41, 5.74) is -0.638. The van der Waals surface area contributed by atoms with Crippen LogP contribution in [0.1, 0.15) is 20.8 Å². The van der Waals surface area contributed by atoms with Crippen LogP contribution in [0.5, 0.6) is 0 Å². The second kappa shape index (κ2) is 4.57. The number of carbonyl (C=O) groups is 1. The van der Waals surface area contributed by atoms with Crippen molar-refractivity contribution in [3.8, 4) is 0 Å². The number of nitrogens with two attached hydrogens (primary N) is 1. The predicted molar refractivity (Wildman–Crippen MR) is 62.2 cm³/mol. The van der Waals surface area contributed by atoms with Crippen molar-refractivity contribution in [1.82, 2.24) is 5.01 Å². The molecule has 1 atom stereocenters. The lowest BCUT2D eigenvalue weighted by molar-refractivity contribution is -0.159. The van der Waals surface area contributed by atoms with Crippen molar-refractivity contribution in [2.75, 3.05) is 0 Å². The van der Waals surface area contributed by atoms with Crippen molar-refractivity contribution < 1.29 is 9.53 Å². The summed E-state index contributed by atoms with van der Waals surface area (Å²) in [6.07, 6.45) is -1.10. The van der Waals surface area contributed by atoms with Gasteiger partial charge in [0.25, 0.3) is 0 Å². The molecular formula is C8H12Cl2N4O2. The predicted octanol–water partition coefficient (Wildman–Crippen LogP) is 1.03. The molecule has 16 heavy (non-hydrogen) atoms. The Bertz CT molecular complexity index is 362. The molecule has 1 rings (SSSR count). The maximum Gasteiger partial charge on any atom is 0.353 e. The van der Waals surface area contributed by atoms with Crippen molar-refractivity contribution in [1.29, 1.82) is 0 Å². The minimum atomic E-state index is -1.10. The van der Waals surface area contributed by atoms with Crippen LogP contribution in [0, 0.1) is 0 Å². The molecule has 1 aliphatic heterocycles. The molecule has 1 heterocycles. The summed E-state index contributed by atoms with van der Waals surface area (Å²) >= 11 is 11.2. The van der Waals surface area contributed by atoms with E-state index < -0.39 is 17.7 Å². The molecular weight excluding hydrogens is 255 g/mol. The van der Waals surface area contributed by atoms with E-state index in [-0.39, 0.29) is 10.6 Å². The van der Waals surface area contributed by atoms with Crippen molar-refractivity contribution in [3.05, 3.63) is 0 Å². The number of hydrazine groups is 1. The Morgan fingerprint density at radius 1 is 1.50 bits per heavy atom. The zero-order valence-corrected chi connectivity index (χ0v) is 10.6. The molecule has 0 aromatic carbocycles. The number of nitrogens with zero attached hydrogens (tertiary/aromatic N) is 3. The van der Waals surface area contributed by atoms with Gasteiger partial charge in [0.2, 0.25) is 16.8 Å². The molecule has 0 spiro atoms. The van der Waals surface area contributed by atoms with Gasteiger partial charge in [0, 0.05) is 0 Å². The van der Waals surface area contributed by atoms with E-state index in [4.69, 9.17) is 33.8 Å². The first-order chi connectivity index (χ1) is 7.20. The fourth-order valence-corrected chi connectivity index (χ4v) is 1.34. The largest absolute Gasteiger partial charge is 0.457 e. The van der Waals surface area contributed by atoms with Crippen LogP contribution in [0.3, 0.4) is 0 Å². The third-order valence-corrected chi connectivity index (χ3v) is 1.97. The second-order valence-electron chi connectivity index (χ2n) is 4.09. The monoisotopic (exact) mass is 266 g/mol. The number of ether oxygens (including phenoxy) is 1. The Labute approximate surface area is 103 Å². The maximum absolute atomic E-state index is 11.7. The Kier molecular flexibility index (Phi) is 3.77. The highest BCUT2D eigenvalue weighted by atomic mass is 35.5. The van der Waals surface area contributed by atoms with Crippen LogP contribution in [0.4, 0.5) is 0 Å². The zero-order valence-electron chi connectivity index (χ0n) is 9.07. The Morgan fingerprint density at radius 3 is 2.56 bits per heavy atom. The van der Waals surface area contributed by atoms with Gasteiger partial charge in [-0.1, -0.05) is 0 Å². The zero-order chi connectivity index (χ0) is 12.5. The van der Waals surface area contributed by atoms with E-state index in [9.17, 15) is 4.79 Å². The summed E-state index contributed by atoms with van der Waals surface area (Å²) in [4.78, 5) is 19.0. The number of rotatable bonds is 1. The molecule has 2 N–H and O–H groups in total. The van der Waals surface area contributed by atoms with Gasteiger partial charge in [-0.25, -0.2) is 20.6 Å². The number of hydrogen-bond acceptors (Lipinski definition) is 6. The number of halogens is 2. The number of esters is 1. The molecule has 1 aliphatic rings. The van der Waals surface area contributed by atoms with Gasteiger partial charge < -0.3 is 4.74 Å². The molecule has 0 aromatic rings. The highest BCUT2D eigenvalue weighted by molar-refractivity contribution is 6.71. The van der Waals surface area contributed by atoms with Gasteiger partial charge in [0.15, 0.2) is 0 Å². The Morgan fingerprint density at radius 2 is 2.06 bits per heavy atom. The smallest absolute Gasteiger partial charge is 0.353 e. The van der Waals surface area contributed by atoms with Gasteiger partial charge in [-0.15, -0.1) is 0 Å². The third kappa shape index (κ3) is 3.33. The maximum atomic E-state index is 11.7. The van der Waals surface area contributed by atoms with Crippen molar-refractivity contribution >= 4 is 39.8 Å².